The fraction of sp³-hybridized carbons (Fsp3) is 0.227. The maximum absolute atomic E-state index is 6.30. The van der Waals surface area contributed by atoms with E-state index in [0.717, 1.165) is 55.9 Å². The molecule has 2 heterocycles. The van der Waals surface area contributed by atoms with E-state index >= 15 is 0 Å². The van der Waals surface area contributed by atoms with Crippen LogP contribution in [0.25, 0.3) is 10.6 Å². The Morgan fingerprint density at radius 3 is 2.70 bits per heavy atom. The summed E-state index contributed by atoms with van der Waals surface area (Å²) >= 11 is 9.53. The van der Waals surface area contributed by atoms with Crippen molar-refractivity contribution in [3.05, 3.63) is 76.0 Å². The first-order valence-electron chi connectivity index (χ1n) is 9.58. The van der Waals surface area contributed by atoms with Crippen molar-refractivity contribution in [3.8, 4) is 16.3 Å². The Morgan fingerprint density at radius 2 is 1.90 bits per heavy atom. The third-order valence-corrected chi connectivity index (χ3v) is 6.82. The number of para-hydroxylation sites is 1. The fourth-order valence-electron chi connectivity index (χ4n) is 2.98. The number of thiazole rings is 1. The number of halogens is 1. The fourth-order valence-corrected chi connectivity index (χ4v) is 5.14. The molecule has 5 nitrogen and oxygen atoms in total. The van der Waals surface area contributed by atoms with Crippen LogP contribution >= 0.6 is 34.7 Å². The van der Waals surface area contributed by atoms with Crippen LogP contribution in [0.3, 0.4) is 0 Å². The van der Waals surface area contributed by atoms with Crippen LogP contribution in [0, 0.1) is 6.92 Å². The SMILES string of the molecule is CCn1c(COc2ccccc2C)nnc1SCc1csc(-c2ccccc2Cl)n1. The molecule has 0 aliphatic heterocycles. The van der Waals surface area contributed by atoms with Crippen LogP contribution in [-0.2, 0) is 18.9 Å². The molecule has 0 spiro atoms. The number of benzene rings is 2. The van der Waals surface area contributed by atoms with Gasteiger partial charge in [-0.1, -0.05) is 59.8 Å². The standard InChI is InChI=1S/C22H21ClN4OS2/c1-3-27-20(12-28-19-11-7-4-8-15(19)2)25-26-22(27)30-14-16-13-29-21(24-16)17-9-5-6-10-18(17)23/h4-11,13H,3,12,14H2,1-2H3. The largest absolute Gasteiger partial charge is 0.485 e. The summed E-state index contributed by atoms with van der Waals surface area (Å²) in [7, 11) is 0. The first-order valence-corrected chi connectivity index (χ1v) is 11.8. The normalized spacial score (nSPS) is 11.0. The molecule has 0 saturated heterocycles. The molecular weight excluding hydrogens is 436 g/mol. The summed E-state index contributed by atoms with van der Waals surface area (Å²) in [6.45, 7) is 5.29. The molecule has 0 fully saturated rings. The zero-order chi connectivity index (χ0) is 20.9. The van der Waals surface area contributed by atoms with Crippen molar-refractivity contribution in [3.63, 3.8) is 0 Å². The van der Waals surface area contributed by atoms with Gasteiger partial charge in [-0.3, -0.25) is 0 Å². The number of aryl methyl sites for hydroxylation is 1. The van der Waals surface area contributed by atoms with Crippen LogP contribution in [0.1, 0.15) is 24.0 Å². The third-order valence-electron chi connectivity index (χ3n) is 4.57. The molecule has 30 heavy (non-hydrogen) atoms. The molecule has 0 aliphatic carbocycles. The average molecular weight is 457 g/mol. The lowest BCUT2D eigenvalue weighted by molar-refractivity contribution is 0.286. The van der Waals surface area contributed by atoms with E-state index in [1.54, 1.807) is 23.1 Å². The van der Waals surface area contributed by atoms with Gasteiger partial charge in [-0.25, -0.2) is 4.98 Å². The van der Waals surface area contributed by atoms with Gasteiger partial charge in [-0.2, -0.15) is 0 Å². The van der Waals surface area contributed by atoms with Crippen molar-refractivity contribution in [2.45, 2.75) is 37.9 Å². The predicted octanol–water partition coefficient (Wildman–Crippen LogP) is 6.25. The molecule has 0 radical (unpaired) electrons. The molecule has 0 aliphatic rings. The lowest BCUT2D eigenvalue weighted by Gasteiger charge is -2.10. The Balaban J connectivity index is 1.42. The Bertz CT molecular complexity index is 1140. The lowest BCUT2D eigenvalue weighted by atomic mass is 10.2. The highest BCUT2D eigenvalue weighted by molar-refractivity contribution is 7.98. The van der Waals surface area contributed by atoms with Gasteiger partial charge in [-0.05, 0) is 31.5 Å². The quantitative estimate of drug-likeness (QED) is 0.293. The minimum absolute atomic E-state index is 0.389. The van der Waals surface area contributed by atoms with Gasteiger partial charge >= 0.3 is 0 Å². The molecule has 0 unspecified atom stereocenters. The molecule has 0 amide bonds. The van der Waals surface area contributed by atoms with Crippen LogP contribution in [0.2, 0.25) is 5.02 Å². The van der Waals surface area contributed by atoms with E-state index in [1.807, 2.05) is 55.5 Å². The zero-order valence-electron chi connectivity index (χ0n) is 16.7. The predicted molar refractivity (Wildman–Crippen MR) is 123 cm³/mol. The Kier molecular flexibility index (Phi) is 6.72. The topological polar surface area (TPSA) is 52.8 Å². The molecular formula is C22H21ClN4OS2. The van der Waals surface area contributed by atoms with Gasteiger partial charge in [0, 0.05) is 23.2 Å². The second kappa shape index (κ2) is 9.64. The van der Waals surface area contributed by atoms with E-state index in [0.29, 0.717) is 6.61 Å². The van der Waals surface area contributed by atoms with Crippen LogP contribution < -0.4 is 4.74 Å². The Morgan fingerprint density at radius 1 is 1.10 bits per heavy atom. The number of nitrogens with zero attached hydrogens (tertiary/aromatic N) is 4. The highest BCUT2D eigenvalue weighted by Crippen LogP contribution is 2.32. The highest BCUT2D eigenvalue weighted by atomic mass is 35.5. The molecule has 4 aromatic rings. The smallest absolute Gasteiger partial charge is 0.191 e. The van der Waals surface area contributed by atoms with Crippen LogP contribution in [0.5, 0.6) is 5.75 Å². The molecule has 4 rings (SSSR count). The van der Waals surface area contributed by atoms with Crippen molar-refractivity contribution >= 4 is 34.7 Å². The van der Waals surface area contributed by atoms with Crippen LogP contribution in [0.15, 0.2) is 59.1 Å². The van der Waals surface area contributed by atoms with E-state index in [-0.39, 0.29) is 0 Å². The average Bonchev–Trinajstić information content (AvgIpc) is 3.38. The summed E-state index contributed by atoms with van der Waals surface area (Å²) in [6, 6.07) is 15.8. The number of thioether (sulfide) groups is 1. The summed E-state index contributed by atoms with van der Waals surface area (Å²) in [5.41, 5.74) is 3.07. The molecule has 8 heteroatoms. The van der Waals surface area contributed by atoms with Gasteiger partial charge in [0.05, 0.1) is 10.7 Å². The molecule has 0 atom stereocenters. The van der Waals surface area contributed by atoms with E-state index in [1.165, 1.54) is 0 Å². The van der Waals surface area contributed by atoms with Crippen molar-refractivity contribution in [1.82, 2.24) is 19.7 Å². The van der Waals surface area contributed by atoms with Gasteiger partial charge in [0.25, 0.3) is 0 Å². The van der Waals surface area contributed by atoms with E-state index in [9.17, 15) is 0 Å². The van der Waals surface area contributed by atoms with E-state index in [4.69, 9.17) is 21.3 Å². The summed E-state index contributed by atoms with van der Waals surface area (Å²) in [6.07, 6.45) is 0. The minimum atomic E-state index is 0.389. The second-order valence-electron chi connectivity index (χ2n) is 6.61. The van der Waals surface area contributed by atoms with Gasteiger partial charge in [-0.15, -0.1) is 21.5 Å². The van der Waals surface area contributed by atoms with Crippen molar-refractivity contribution in [1.29, 1.82) is 0 Å². The maximum Gasteiger partial charge on any atom is 0.191 e. The number of aromatic nitrogens is 4. The van der Waals surface area contributed by atoms with Crippen molar-refractivity contribution in [2.24, 2.45) is 0 Å². The number of ether oxygens (including phenoxy) is 1. The summed E-state index contributed by atoms with van der Waals surface area (Å²) < 4.78 is 8.04. The van der Waals surface area contributed by atoms with E-state index < -0.39 is 0 Å². The van der Waals surface area contributed by atoms with Crippen molar-refractivity contribution in [2.75, 3.05) is 0 Å². The molecule has 0 N–H and O–H groups in total. The van der Waals surface area contributed by atoms with Gasteiger partial charge in [0.1, 0.15) is 17.4 Å². The molecule has 154 valence electrons. The molecule has 2 aromatic heterocycles. The number of hydrogen-bond acceptors (Lipinski definition) is 6. The first-order chi connectivity index (χ1) is 14.7. The third kappa shape index (κ3) is 4.69. The molecule has 2 aromatic carbocycles. The molecule has 0 saturated carbocycles. The Hall–Kier alpha value is -2.35. The lowest BCUT2D eigenvalue weighted by Crippen LogP contribution is -2.07. The number of rotatable bonds is 8. The zero-order valence-corrected chi connectivity index (χ0v) is 19.1. The Labute approximate surface area is 189 Å². The number of hydrogen-bond donors (Lipinski definition) is 0. The summed E-state index contributed by atoms with van der Waals surface area (Å²) in [5.74, 6) is 2.41. The molecule has 0 bridgehead atoms. The van der Waals surface area contributed by atoms with Crippen molar-refractivity contribution < 1.29 is 4.74 Å². The summed E-state index contributed by atoms with van der Waals surface area (Å²) in [5, 5.41) is 13.3. The van der Waals surface area contributed by atoms with E-state index in [2.05, 4.69) is 27.1 Å². The van der Waals surface area contributed by atoms with Gasteiger partial charge in [0.2, 0.25) is 0 Å². The highest BCUT2D eigenvalue weighted by Gasteiger charge is 2.14. The van der Waals surface area contributed by atoms with Crippen LogP contribution in [-0.4, -0.2) is 19.7 Å². The monoisotopic (exact) mass is 456 g/mol. The van der Waals surface area contributed by atoms with Gasteiger partial charge in [0.15, 0.2) is 11.0 Å². The maximum atomic E-state index is 6.30. The minimum Gasteiger partial charge on any atom is -0.485 e. The first kappa shape index (κ1) is 20.9. The van der Waals surface area contributed by atoms with Crippen LogP contribution in [0.4, 0.5) is 0 Å². The van der Waals surface area contributed by atoms with Gasteiger partial charge < -0.3 is 9.30 Å². The second-order valence-corrected chi connectivity index (χ2v) is 8.82. The summed E-state index contributed by atoms with van der Waals surface area (Å²) in [4.78, 5) is 4.74.